The molecule has 2 aliphatic rings. The third-order valence-electron chi connectivity index (χ3n) is 5.78. The van der Waals surface area contributed by atoms with Crippen LogP contribution in [0.5, 0.6) is 0 Å². The zero-order valence-electron chi connectivity index (χ0n) is 16.5. The Morgan fingerprint density at radius 2 is 2.14 bits per heavy atom. The fourth-order valence-electron chi connectivity index (χ4n) is 4.14. The second-order valence-corrected chi connectivity index (χ2v) is 7.84. The maximum Gasteiger partial charge on any atom is 0.266 e. The van der Waals surface area contributed by atoms with E-state index in [2.05, 4.69) is 43.5 Å². The largest absolute Gasteiger partial charge is 0.367 e. The molecule has 0 bridgehead atoms. The molecule has 2 aromatic rings. The fourth-order valence-corrected chi connectivity index (χ4v) is 4.14. The number of piperidine rings is 1. The van der Waals surface area contributed by atoms with Crippen LogP contribution in [0.25, 0.3) is 0 Å². The van der Waals surface area contributed by atoms with Gasteiger partial charge in [-0.15, -0.1) is 5.10 Å². The monoisotopic (exact) mass is 383 g/mol. The highest BCUT2D eigenvalue weighted by atomic mass is 16.1. The first-order valence-electron chi connectivity index (χ1n) is 10.2. The molecule has 4 heterocycles. The number of anilines is 1. The highest BCUT2D eigenvalue weighted by Gasteiger charge is 2.23. The van der Waals surface area contributed by atoms with Crippen LogP contribution in [-0.4, -0.2) is 69.0 Å². The van der Waals surface area contributed by atoms with Crippen molar-refractivity contribution in [3.63, 3.8) is 0 Å². The number of nitrogens with one attached hydrogen (secondary N) is 1. The number of aromatic nitrogens is 4. The van der Waals surface area contributed by atoms with Gasteiger partial charge in [0.15, 0.2) is 0 Å². The van der Waals surface area contributed by atoms with Gasteiger partial charge < -0.3 is 10.2 Å². The molecule has 8 heteroatoms. The molecule has 28 heavy (non-hydrogen) atoms. The van der Waals surface area contributed by atoms with Crippen molar-refractivity contribution < 1.29 is 0 Å². The Kier molecular flexibility index (Phi) is 5.97. The normalized spacial score (nSPS) is 20.7. The van der Waals surface area contributed by atoms with Crippen molar-refractivity contribution in [2.45, 2.75) is 44.8 Å². The number of hydrogen-bond acceptors (Lipinski definition) is 7. The van der Waals surface area contributed by atoms with Crippen LogP contribution >= 0.6 is 0 Å². The number of likely N-dealkylation sites (N-methyl/N-ethyl adjacent to an activating group) is 1. The summed E-state index contributed by atoms with van der Waals surface area (Å²) in [5.41, 5.74) is 2.37. The third kappa shape index (κ3) is 4.56. The molecule has 0 radical (unpaired) electrons. The molecule has 2 aliphatic heterocycles. The van der Waals surface area contributed by atoms with E-state index in [-0.39, 0.29) is 5.56 Å². The first kappa shape index (κ1) is 19.0. The van der Waals surface area contributed by atoms with Crippen molar-refractivity contribution in [2.75, 3.05) is 38.5 Å². The maximum absolute atomic E-state index is 11.9. The van der Waals surface area contributed by atoms with Crippen LogP contribution in [0, 0.1) is 0 Å². The Morgan fingerprint density at radius 1 is 1.21 bits per heavy atom. The van der Waals surface area contributed by atoms with Crippen molar-refractivity contribution in [3.8, 4) is 0 Å². The minimum atomic E-state index is -0.0384. The topological polar surface area (TPSA) is 79.2 Å². The number of hydrogen-bond donors (Lipinski definition) is 1. The molecule has 4 rings (SSSR count). The van der Waals surface area contributed by atoms with E-state index < -0.39 is 0 Å². The van der Waals surface area contributed by atoms with E-state index in [0.717, 1.165) is 57.1 Å². The lowest BCUT2D eigenvalue weighted by Gasteiger charge is -2.36. The van der Waals surface area contributed by atoms with Gasteiger partial charge >= 0.3 is 0 Å². The Balaban J connectivity index is 1.35. The van der Waals surface area contributed by atoms with Gasteiger partial charge in [0.2, 0.25) is 0 Å². The summed E-state index contributed by atoms with van der Waals surface area (Å²) in [6.07, 6.45) is 6.25. The molecule has 0 amide bonds. The zero-order chi connectivity index (χ0) is 19.3. The Bertz CT molecular complexity index is 852. The van der Waals surface area contributed by atoms with E-state index in [1.807, 2.05) is 0 Å². The van der Waals surface area contributed by atoms with E-state index in [1.165, 1.54) is 18.4 Å². The van der Waals surface area contributed by atoms with Gasteiger partial charge in [-0.2, -0.15) is 10.2 Å². The maximum atomic E-state index is 11.9. The summed E-state index contributed by atoms with van der Waals surface area (Å²) in [6.45, 7) is 5.36. The van der Waals surface area contributed by atoms with E-state index in [1.54, 1.807) is 23.0 Å². The third-order valence-corrected chi connectivity index (χ3v) is 5.78. The molecule has 8 nitrogen and oxygen atoms in total. The lowest BCUT2D eigenvalue weighted by atomic mass is 10.0. The minimum absolute atomic E-state index is 0.0384. The first-order chi connectivity index (χ1) is 13.7. The summed E-state index contributed by atoms with van der Waals surface area (Å²) < 4.78 is 1.55. The quantitative estimate of drug-likeness (QED) is 0.797. The summed E-state index contributed by atoms with van der Waals surface area (Å²) in [7, 11) is 2.14. The highest BCUT2D eigenvalue weighted by Crippen LogP contribution is 2.20. The molecule has 1 N–H and O–H groups in total. The standard InChI is InChI=1S/C20H29N7O/c1-25-10-7-18-16(15-25)13-19(24-23-18)21-14-17-5-2-3-9-26(17)11-12-27-20(28)6-4-8-22-27/h4,6,8,13,17H,2-3,5,7,9-12,14-15H2,1H3,(H,21,24). The molecule has 0 spiro atoms. The molecule has 0 saturated carbocycles. The van der Waals surface area contributed by atoms with Gasteiger partial charge in [0.25, 0.3) is 5.56 Å². The Hall–Kier alpha value is -2.32. The van der Waals surface area contributed by atoms with Crippen LogP contribution in [-0.2, 0) is 19.5 Å². The summed E-state index contributed by atoms with van der Waals surface area (Å²) in [6, 6.07) is 5.84. The molecule has 2 aromatic heterocycles. The summed E-state index contributed by atoms with van der Waals surface area (Å²) in [5.74, 6) is 0.862. The van der Waals surface area contributed by atoms with Crippen LogP contribution in [0.4, 0.5) is 5.82 Å². The average molecular weight is 384 g/mol. The van der Waals surface area contributed by atoms with Crippen molar-refractivity contribution >= 4 is 5.82 Å². The number of rotatable bonds is 6. The van der Waals surface area contributed by atoms with Crippen LogP contribution in [0.3, 0.4) is 0 Å². The minimum Gasteiger partial charge on any atom is -0.367 e. The Labute approximate surface area is 165 Å². The SMILES string of the molecule is CN1CCc2nnc(NCC3CCCCN3CCn3ncccc3=O)cc2C1. The molecule has 1 fully saturated rings. The molecule has 1 saturated heterocycles. The lowest BCUT2D eigenvalue weighted by Crippen LogP contribution is -2.45. The van der Waals surface area contributed by atoms with Crippen molar-refractivity contribution in [1.29, 1.82) is 0 Å². The lowest BCUT2D eigenvalue weighted by molar-refractivity contribution is 0.148. The van der Waals surface area contributed by atoms with Gasteiger partial charge in [0, 0.05) is 50.9 Å². The van der Waals surface area contributed by atoms with Crippen LogP contribution in [0.2, 0.25) is 0 Å². The second-order valence-electron chi connectivity index (χ2n) is 7.84. The smallest absolute Gasteiger partial charge is 0.266 e. The van der Waals surface area contributed by atoms with E-state index >= 15 is 0 Å². The van der Waals surface area contributed by atoms with E-state index in [4.69, 9.17) is 0 Å². The van der Waals surface area contributed by atoms with E-state index in [0.29, 0.717) is 12.6 Å². The van der Waals surface area contributed by atoms with E-state index in [9.17, 15) is 4.79 Å². The summed E-state index contributed by atoms with van der Waals surface area (Å²) in [5, 5.41) is 16.5. The zero-order valence-corrected chi connectivity index (χ0v) is 16.5. The summed E-state index contributed by atoms with van der Waals surface area (Å²) >= 11 is 0. The molecule has 1 atom stereocenters. The van der Waals surface area contributed by atoms with Gasteiger partial charge in [-0.3, -0.25) is 9.69 Å². The number of nitrogens with zero attached hydrogens (tertiary/aromatic N) is 6. The number of likely N-dealkylation sites (tertiary alicyclic amines) is 1. The van der Waals surface area contributed by atoms with Crippen LogP contribution in [0.15, 0.2) is 29.2 Å². The van der Waals surface area contributed by atoms with Crippen molar-refractivity contribution in [2.24, 2.45) is 0 Å². The van der Waals surface area contributed by atoms with Gasteiger partial charge in [-0.25, -0.2) is 4.68 Å². The predicted molar refractivity (Wildman–Crippen MR) is 108 cm³/mol. The molecule has 150 valence electrons. The highest BCUT2D eigenvalue weighted by molar-refractivity contribution is 5.39. The molecule has 0 aromatic carbocycles. The van der Waals surface area contributed by atoms with Gasteiger partial charge in [-0.1, -0.05) is 6.42 Å². The van der Waals surface area contributed by atoms with Gasteiger partial charge in [0.05, 0.1) is 12.2 Å². The number of fused-ring (bicyclic) bond motifs is 1. The first-order valence-corrected chi connectivity index (χ1v) is 10.2. The van der Waals surface area contributed by atoms with Gasteiger partial charge in [-0.05, 0) is 44.1 Å². The van der Waals surface area contributed by atoms with Crippen LogP contribution < -0.4 is 10.9 Å². The molecular weight excluding hydrogens is 354 g/mol. The van der Waals surface area contributed by atoms with Crippen molar-refractivity contribution in [3.05, 3.63) is 46.0 Å². The average Bonchev–Trinajstić information content (AvgIpc) is 2.72. The molecular formula is C20H29N7O. The fraction of sp³-hybridized carbons (Fsp3) is 0.600. The summed E-state index contributed by atoms with van der Waals surface area (Å²) in [4.78, 5) is 16.7. The predicted octanol–water partition coefficient (Wildman–Crippen LogP) is 0.988. The van der Waals surface area contributed by atoms with Crippen molar-refractivity contribution in [1.82, 2.24) is 29.8 Å². The van der Waals surface area contributed by atoms with Gasteiger partial charge in [0.1, 0.15) is 5.82 Å². The Morgan fingerprint density at radius 3 is 3.04 bits per heavy atom. The molecule has 1 unspecified atom stereocenters. The second kappa shape index (κ2) is 8.79. The molecule has 0 aliphatic carbocycles. The van der Waals surface area contributed by atoms with Crippen LogP contribution in [0.1, 0.15) is 30.5 Å².